The van der Waals surface area contributed by atoms with Crippen LogP contribution in [0.3, 0.4) is 0 Å². The number of nitrogens with zero attached hydrogens (tertiary/aromatic N) is 3. The summed E-state index contributed by atoms with van der Waals surface area (Å²) < 4.78 is 1.22. The van der Waals surface area contributed by atoms with Gasteiger partial charge >= 0.3 is 4.87 Å². The summed E-state index contributed by atoms with van der Waals surface area (Å²) in [5.74, 6) is 0.634. The second kappa shape index (κ2) is 3.92. The standard InChI is InChI=1S/C12H9N3O2S/c1-15-11(16)9(18-12(15)17)5-7-6-14-10-8(7)3-2-4-13-10/h2-6,16H,1H3. The minimum absolute atomic E-state index is 0.0248. The Kier molecular flexibility index (Phi) is 2.38. The quantitative estimate of drug-likeness (QED) is 0.849. The maximum absolute atomic E-state index is 11.4. The highest BCUT2D eigenvalue weighted by Gasteiger charge is 2.15. The minimum Gasteiger partial charge on any atom is -0.493 e. The summed E-state index contributed by atoms with van der Waals surface area (Å²) in [6.45, 7) is 0. The van der Waals surface area contributed by atoms with Crippen molar-refractivity contribution in [1.29, 1.82) is 0 Å². The normalized spacial score (nSPS) is 15.3. The number of fused-ring (bicyclic) bond motifs is 1. The molecule has 0 spiro atoms. The second-order valence-electron chi connectivity index (χ2n) is 3.85. The van der Waals surface area contributed by atoms with Crippen molar-refractivity contribution >= 4 is 35.0 Å². The van der Waals surface area contributed by atoms with Crippen molar-refractivity contribution < 1.29 is 5.11 Å². The van der Waals surface area contributed by atoms with Crippen molar-refractivity contribution in [1.82, 2.24) is 9.55 Å². The van der Waals surface area contributed by atoms with E-state index in [1.165, 1.54) is 11.6 Å². The lowest BCUT2D eigenvalue weighted by molar-refractivity contribution is 0.428. The molecular weight excluding hydrogens is 250 g/mol. The molecule has 0 saturated carbocycles. The average Bonchev–Trinajstić information content (AvgIpc) is 2.89. The van der Waals surface area contributed by atoms with Gasteiger partial charge in [-0.05, 0) is 18.2 Å². The first-order chi connectivity index (χ1) is 8.66. The van der Waals surface area contributed by atoms with Crippen LogP contribution >= 0.6 is 11.3 Å². The van der Waals surface area contributed by atoms with Gasteiger partial charge in [-0.1, -0.05) is 11.3 Å². The lowest BCUT2D eigenvalue weighted by Crippen LogP contribution is -2.05. The maximum atomic E-state index is 11.4. The molecule has 6 heteroatoms. The molecule has 1 aliphatic heterocycles. The van der Waals surface area contributed by atoms with E-state index >= 15 is 0 Å². The van der Waals surface area contributed by atoms with Crippen LogP contribution in [0.5, 0.6) is 5.88 Å². The van der Waals surface area contributed by atoms with Crippen LogP contribution in [-0.4, -0.2) is 20.9 Å². The van der Waals surface area contributed by atoms with Gasteiger partial charge in [0.05, 0.1) is 4.88 Å². The second-order valence-corrected chi connectivity index (χ2v) is 4.84. The Labute approximate surface area is 106 Å². The SMILES string of the molecule is Cn1c(O)c(C=C2C=Nc3ncccc32)sc1=O. The first kappa shape index (κ1) is 10.9. The summed E-state index contributed by atoms with van der Waals surface area (Å²) in [5.41, 5.74) is 1.75. The van der Waals surface area contributed by atoms with Gasteiger partial charge in [-0.15, -0.1) is 0 Å². The first-order valence-corrected chi connectivity index (χ1v) is 6.08. The molecule has 0 amide bonds. The van der Waals surface area contributed by atoms with Gasteiger partial charge in [-0.2, -0.15) is 0 Å². The van der Waals surface area contributed by atoms with Gasteiger partial charge in [0.1, 0.15) is 0 Å². The van der Waals surface area contributed by atoms with Gasteiger partial charge in [0.15, 0.2) is 5.82 Å². The summed E-state index contributed by atoms with van der Waals surface area (Å²) >= 11 is 1.00. The van der Waals surface area contributed by atoms with E-state index < -0.39 is 0 Å². The summed E-state index contributed by atoms with van der Waals surface area (Å²) in [5, 5.41) is 9.80. The Balaban J connectivity index is 2.12. The lowest BCUT2D eigenvalue weighted by Gasteiger charge is -1.97. The molecule has 0 fully saturated rings. The Bertz CT molecular complexity index is 740. The van der Waals surface area contributed by atoms with E-state index in [9.17, 15) is 9.90 Å². The third kappa shape index (κ3) is 1.58. The zero-order chi connectivity index (χ0) is 12.7. The van der Waals surface area contributed by atoms with Crippen LogP contribution in [0.2, 0.25) is 0 Å². The summed E-state index contributed by atoms with van der Waals surface area (Å²) in [7, 11) is 1.54. The van der Waals surface area contributed by atoms with Gasteiger partial charge in [-0.3, -0.25) is 9.36 Å². The molecule has 1 aliphatic rings. The number of allylic oxidation sites excluding steroid dienone is 1. The van der Waals surface area contributed by atoms with Crippen LogP contribution < -0.4 is 4.87 Å². The van der Waals surface area contributed by atoms with Crippen molar-refractivity contribution in [3.8, 4) is 5.88 Å². The molecule has 0 bridgehead atoms. The average molecular weight is 259 g/mol. The molecule has 2 aromatic rings. The van der Waals surface area contributed by atoms with Crippen molar-refractivity contribution in [3.63, 3.8) is 0 Å². The van der Waals surface area contributed by atoms with Crippen molar-refractivity contribution in [2.45, 2.75) is 0 Å². The van der Waals surface area contributed by atoms with E-state index in [0.717, 1.165) is 22.5 Å². The third-order valence-corrected chi connectivity index (χ3v) is 3.69. The molecule has 3 heterocycles. The molecule has 0 unspecified atom stereocenters. The minimum atomic E-state index is -0.194. The number of thiazole rings is 1. The van der Waals surface area contributed by atoms with Crippen LogP contribution in [0.15, 0.2) is 28.1 Å². The summed E-state index contributed by atoms with van der Waals surface area (Å²) in [6.07, 6.45) is 5.11. The highest BCUT2D eigenvalue weighted by atomic mass is 32.1. The molecule has 0 saturated heterocycles. The van der Waals surface area contributed by atoms with Gasteiger partial charge in [0, 0.05) is 30.6 Å². The fourth-order valence-electron chi connectivity index (χ4n) is 1.74. The van der Waals surface area contributed by atoms with E-state index in [4.69, 9.17) is 0 Å². The van der Waals surface area contributed by atoms with Gasteiger partial charge < -0.3 is 5.11 Å². The zero-order valence-electron chi connectivity index (χ0n) is 9.49. The molecule has 90 valence electrons. The predicted octanol–water partition coefficient (Wildman–Crippen LogP) is 1.80. The van der Waals surface area contributed by atoms with Crippen molar-refractivity contribution in [2.24, 2.45) is 12.0 Å². The van der Waals surface area contributed by atoms with Crippen molar-refractivity contribution in [2.75, 3.05) is 0 Å². The molecule has 3 rings (SSSR count). The smallest absolute Gasteiger partial charge is 0.310 e. The fourth-order valence-corrected chi connectivity index (χ4v) is 2.56. The number of pyridine rings is 1. The molecule has 1 N–H and O–H groups in total. The first-order valence-electron chi connectivity index (χ1n) is 5.27. The van der Waals surface area contributed by atoms with Crippen LogP contribution in [0, 0.1) is 0 Å². The van der Waals surface area contributed by atoms with Gasteiger partial charge in [-0.25, -0.2) is 9.98 Å². The number of rotatable bonds is 1. The number of hydrogen-bond acceptors (Lipinski definition) is 5. The molecular formula is C12H9N3O2S. The highest BCUT2D eigenvalue weighted by molar-refractivity contribution is 7.10. The zero-order valence-corrected chi connectivity index (χ0v) is 10.3. The summed E-state index contributed by atoms with van der Waals surface area (Å²) in [4.78, 5) is 20.1. The number of aliphatic imine (C=N–C) groups is 1. The molecule has 0 aromatic carbocycles. The Hall–Kier alpha value is -2.21. The monoisotopic (exact) mass is 259 g/mol. The van der Waals surface area contributed by atoms with Crippen LogP contribution in [0.25, 0.3) is 11.6 Å². The molecule has 0 atom stereocenters. The van der Waals surface area contributed by atoms with Gasteiger partial charge in [0.25, 0.3) is 0 Å². The Morgan fingerprint density at radius 3 is 3.06 bits per heavy atom. The topological polar surface area (TPSA) is 67.5 Å². The van der Waals surface area contributed by atoms with E-state index in [1.807, 2.05) is 12.1 Å². The highest BCUT2D eigenvalue weighted by Crippen LogP contribution is 2.32. The van der Waals surface area contributed by atoms with E-state index in [2.05, 4.69) is 9.98 Å². The maximum Gasteiger partial charge on any atom is 0.310 e. The molecule has 0 radical (unpaired) electrons. The number of aromatic hydroxyl groups is 1. The molecule has 2 aromatic heterocycles. The van der Waals surface area contributed by atoms with E-state index in [0.29, 0.717) is 10.7 Å². The molecule has 0 aliphatic carbocycles. The predicted molar refractivity (Wildman–Crippen MR) is 71.5 cm³/mol. The van der Waals surface area contributed by atoms with Crippen LogP contribution in [0.4, 0.5) is 5.82 Å². The van der Waals surface area contributed by atoms with E-state index in [1.54, 1.807) is 18.5 Å². The van der Waals surface area contributed by atoms with Gasteiger partial charge in [0.2, 0.25) is 5.88 Å². The van der Waals surface area contributed by atoms with Crippen molar-refractivity contribution in [3.05, 3.63) is 38.4 Å². The Morgan fingerprint density at radius 1 is 1.50 bits per heavy atom. The van der Waals surface area contributed by atoms with Crippen LogP contribution in [-0.2, 0) is 7.05 Å². The Morgan fingerprint density at radius 2 is 2.33 bits per heavy atom. The third-order valence-electron chi connectivity index (χ3n) is 2.72. The summed E-state index contributed by atoms with van der Waals surface area (Å²) in [6, 6.07) is 3.73. The molecule has 5 nitrogen and oxygen atoms in total. The van der Waals surface area contributed by atoms with E-state index in [-0.39, 0.29) is 10.8 Å². The fraction of sp³-hybridized carbons (Fsp3) is 0.0833. The van der Waals surface area contributed by atoms with Crippen LogP contribution in [0.1, 0.15) is 10.4 Å². The molecule has 18 heavy (non-hydrogen) atoms. The number of hydrogen-bond donors (Lipinski definition) is 1. The number of aromatic nitrogens is 2. The largest absolute Gasteiger partial charge is 0.493 e. The lowest BCUT2D eigenvalue weighted by atomic mass is 10.1.